The lowest BCUT2D eigenvalue weighted by atomic mass is 9.82. The Morgan fingerprint density at radius 3 is 2.58 bits per heavy atom. The third kappa shape index (κ3) is 4.05. The number of aryl methyl sites for hydroxylation is 1. The number of nitrogens with zero attached hydrogens (tertiary/aromatic N) is 4. The molecule has 156 valence electrons. The van der Waals surface area contributed by atoms with Crippen molar-refractivity contribution in [3.63, 3.8) is 0 Å². The maximum atomic E-state index is 12.8. The van der Waals surface area contributed by atoms with Crippen LogP contribution in [0, 0.1) is 6.92 Å². The average molecular weight is 431 g/mol. The molecular weight excluding hydrogens is 408 g/mol. The Bertz CT molecular complexity index is 1250. The van der Waals surface area contributed by atoms with E-state index in [1.807, 2.05) is 24.3 Å². The summed E-state index contributed by atoms with van der Waals surface area (Å²) in [6.45, 7) is 2.08. The molecule has 0 radical (unpaired) electrons. The molecular formula is C24H22N4O2S. The Morgan fingerprint density at radius 1 is 1.06 bits per heavy atom. The van der Waals surface area contributed by atoms with E-state index < -0.39 is 0 Å². The molecule has 6 nitrogen and oxygen atoms in total. The lowest BCUT2D eigenvalue weighted by Crippen LogP contribution is -2.21. The van der Waals surface area contributed by atoms with Crippen LogP contribution in [-0.2, 0) is 12.2 Å². The van der Waals surface area contributed by atoms with Crippen molar-refractivity contribution in [3.05, 3.63) is 82.7 Å². The van der Waals surface area contributed by atoms with E-state index in [1.165, 1.54) is 11.1 Å². The normalized spacial score (nSPS) is 15.8. The van der Waals surface area contributed by atoms with Gasteiger partial charge in [0.2, 0.25) is 5.16 Å². The van der Waals surface area contributed by atoms with Crippen LogP contribution in [0.4, 0.5) is 0 Å². The predicted octanol–water partition coefficient (Wildman–Crippen LogP) is 4.65. The fourth-order valence-electron chi connectivity index (χ4n) is 3.87. The van der Waals surface area contributed by atoms with Crippen LogP contribution in [0.2, 0.25) is 0 Å². The van der Waals surface area contributed by atoms with Crippen molar-refractivity contribution in [2.75, 3.05) is 7.11 Å². The van der Waals surface area contributed by atoms with E-state index in [0.717, 1.165) is 22.8 Å². The summed E-state index contributed by atoms with van der Waals surface area (Å²) < 4.78 is 6.87. The lowest BCUT2D eigenvalue weighted by molar-refractivity contribution is 0.0962. The number of Topliss-reactive ketones (excluding diaryl/α,β-unsaturated/α-hetero) is 1. The van der Waals surface area contributed by atoms with Crippen LogP contribution < -0.4 is 4.74 Å². The van der Waals surface area contributed by atoms with Gasteiger partial charge in [0.15, 0.2) is 5.78 Å². The highest BCUT2D eigenvalue weighted by Crippen LogP contribution is 2.33. The third-order valence-corrected chi connectivity index (χ3v) is 6.55. The number of hydrogen-bond donors (Lipinski definition) is 0. The Hall–Kier alpha value is -3.19. The van der Waals surface area contributed by atoms with Crippen molar-refractivity contribution in [2.45, 2.75) is 36.6 Å². The lowest BCUT2D eigenvalue weighted by Gasteiger charge is -2.23. The van der Waals surface area contributed by atoms with Gasteiger partial charge in [-0.3, -0.25) is 4.79 Å². The van der Waals surface area contributed by atoms with Crippen molar-refractivity contribution in [3.8, 4) is 5.75 Å². The van der Waals surface area contributed by atoms with Crippen molar-refractivity contribution in [1.29, 1.82) is 0 Å². The number of ether oxygens (including phenoxy) is 1. The van der Waals surface area contributed by atoms with E-state index in [-0.39, 0.29) is 11.7 Å². The number of hydrogen-bond acceptors (Lipinski definition) is 6. The van der Waals surface area contributed by atoms with Crippen LogP contribution in [0.15, 0.2) is 59.9 Å². The summed E-state index contributed by atoms with van der Waals surface area (Å²) in [4.78, 5) is 22.1. The van der Waals surface area contributed by atoms with Gasteiger partial charge in [0.1, 0.15) is 5.75 Å². The number of carbonyl (C=O) groups is 1. The van der Waals surface area contributed by atoms with E-state index in [2.05, 4.69) is 41.3 Å². The van der Waals surface area contributed by atoms with Gasteiger partial charge in [-0.1, -0.05) is 53.7 Å². The maximum Gasteiger partial charge on any atom is 0.253 e. The predicted molar refractivity (Wildman–Crippen MR) is 120 cm³/mol. The Morgan fingerprint density at radius 2 is 1.84 bits per heavy atom. The van der Waals surface area contributed by atoms with Gasteiger partial charge in [-0.25, -0.2) is 9.50 Å². The molecule has 5 rings (SSSR count). The minimum Gasteiger partial charge on any atom is -0.497 e. The summed E-state index contributed by atoms with van der Waals surface area (Å²) in [5.41, 5.74) is 5.03. The summed E-state index contributed by atoms with van der Waals surface area (Å²) in [7, 11) is 1.65. The molecule has 0 aliphatic heterocycles. The van der Waals surface area contributed by atoms with Crippen molar-refractivity contribution >= 4 is 23.3 Å². The van der Waals surface area contributed by atoms with Gasteiger partial charge >= 0.3 is 0 Å². The number of rotatable bonds is 5. The molecule has 0 bridgehead atoms. The van der Waals surface area contributed by atoms with Crippen LogP contribution in [-0.4, -0.2) is 32.5 Å². The summed E-state index contributed by atoms with van der Waals surface area (Å²) in [6.07, 6.45) is 2.96. The molecule has 1 aliphatic rings. The zero-order valence-corrected chi connectivity index (χ0v) is 18.2. The first-order valence-corrected chi connectivity index (χ1v) is 11.2. The number of carbonyl (C=O) groups excluding carboxylic acids is 1. The number of benzene rings is 2. The molecule has 31 heavy (non-hydrogen) atoms. The minimum absolute atomic E-state index is 0.0980. The average Bonchev–Trinajstić information content (AvgIpc) is 3.19. The van der Waals surface area contributed by atoms with Gasteiger partial charge in [-0.15, -0.1) is 5.10 Å². The molecule has 7 heteroatoms. The number of thioether (sulfide) groups is 1. The zero-order valence-electron chi connectivity index (χ0n) is 17.4. The second-order valence-corrected chi connectivity index (χ2v) is 8.76. The first kappa shape index (κ1) is 19.8. The largest absolute Gasteiger partial charge is 0.497 e. The van der Waals surface area contributed by atoms with E-state index in [0.29, 0.717) is 29.3 Å². The summed E-state index contributed by atoms with van der Waals surface area (Å²) in [5.74, 6) is 2.34. The molecule has 1 aliphatic carbocycles. The zero-order chi connectivity index (χ0) is 21.4. The number of ketones is 1. The minimum atomic E-state index is 0.0980. The molecule has 0 spiro atoms. The maximum absolute atomic E-state index is 12.8. The van der Waals surface area contributed by atoms with Crippen LogP contribution >= 0.6 is 11.8 Å². The Balaban J connectivity index is 1.38. The van der Waals surface area contributed by atoms with Crippen molar-refractivity contribution in [2.24, 2.45) is 0 Å². The van der Waals surface area contributed by atoms with Gasteiger partial charge in [-0.2, -0.15) is 4.98 Å². The Labute approximate surface area is 184 Å². The molecule has 2 heterocycles. The first-order valence-electron chi connectivity index (χ1n) is 10.2. The second kappa shape index (κ2) is 8.15. The molecule has 2 aromatic heterocycles. The summed E-state index contributed by atoms with van der Waals surface area (Å²) in [5, 5.41) is 5.19. The SMILES string of the molecule is COc1ccc(C2CC(=O)c3cn4nc(SCc5ccc(C)cc5)nc4nc3C2)cc1. The molecule has 4 aromatic rings. The molecule has 0 fully saturated rings. The summed E-state index contributed by atoms with van der Waals surface area (Å²) in [6, 6.07) is 16.4. The standard InChI is InChI=1S/C24H22N4O2S/c1-15-3-5-16(6-4-15)14-31-24-26-23-25-21-11-18(17-7-9-19(30-2)10-8-17)12-22(29)20(21)13-28(23)27-24/h3-10,13,18H,11-12,14H2,1-2H3. The van der Waals surface area contributed by atoms with Crippen molar-refractivity contribution < 1.29 is 9.53 Å². The highest BCUT2D eigenvalue weighted by molar-refractivity contribution is 7.98. The van der Waals surface area contributed by atoms with Crippen LogP contribution in [0.1, 0.15) is 45.1 Å². The highest BCUT2D eigenvalue weighted by atomic mass is 32.2. The van der Waals surface area contributed by atoms with Gasteiger partial charge in [0.25, 0.3) is 5.78 Å². The monoisotopic (exact) mass is 430 g/mol. The molecule has 0 N–H and O–H groups in total. The van der Waals surface area contributed by atoms with E-state index in [9.17, 15) is 4.79 Å². The van der Waals surface area contributed by atoms with E-state index in [1.54, 1.807) is 29.6 Å². The first-order chi connectivity index (χ1) is 15.1. The van der Waals surface area contributed by atoms with Gasteiger partial charge in [-0.05, 0) is 42.5 Å². The highest BCUT2D eigenvalue weighted by Gasteiger charge is 2.28. The second-order valence-electron chi connectivity index (χ2n) is 7.82. The Kier molecular flexibility index (Phi) is 5.19. The molecule has 0 amide bonds. The van der Waals surface area contributed by atoms with Gasteiger partial charge < -0.3 is 4.74 Å². The van der Waals surface area contributed by atoms with Crippen LogP contribution in [0.3, 0.4) is 0 Å². The smallest absolute Gasteiger partial charge is 0.253 e. The summed E-state index contributed by atoms with van der Waals surface area (Å²) >= 11 is 1.57. The van der Waals surface area contributed by atoms with E-state index >= 15 is 0 Å². The molecule has 0 saturated heterocycles. The topological polar surface area (TPSA) is 69.4 Å². The van der Waals surface area contributed by atoms with Gasteiger partial charge in [0.05, 0.1) is 18.4 Å². The van der Waals surface area contributed by atoms with E-state index in [4.69, 9.17) is 9.72 Å². The number of fused-ring (bicyclic) bond motifs is 2. The molecule has 2 aromatic carbocycles. The molecule has 1 unspecified atom stereocenters. The third-order valence-electron chi connectivity index (χ3n) is 5.64. The number of methoxy groups -OCH3 is 1. The van der Waals surface area contributed by atoms with Crippen LogP contribution in [0.25, 0.3) is 5.78 Å². The van der Waals surface area contributed by atoms with Crippen LogP contribution in [0.5, 0.6) is 5.75 Å². The fourth-order valence-corrected chi connectivity index (χ4v) is 4.65. The molecule has 1 atom stereocenters. The number of aromatic nitrogens is 4. The quantitative estimate of drug-likeness (QED) is 0.430. The van der Waals surface area contributed by atoms with Crippen molar-refractivity contribution in [1.82, 2.24) is 19.6 Å². The molecule has 0 saturated carbocycles. The van der Waals surface area contributed by atoms with Gasteiger partial charge in [0, 0.05) is 18.4 Å². The fraction of sp³-hybridized carbons (Fsp3) is 0.250.